The Bertz CT molecular complexity index is 665. The van der Waals surface area contributed by atoms with Crippen molar-refractivity contribution in [3.05, 3.63) is 29.8 Å². The number of ether oxygens (including phenoxy) is 1. The van der Waals surface area contributed by atoms with Gasteiger partial charge in [-0.05, 0) is 50.5 Å². The van der Waals surface area contributed by atoms with Gasteiger partial charge in [0.2, 0.25) is 0 Å². The van der Waals surface area contributed by atoms with Crippen LogP contribution in [0, 0.1) is 5.92 Å². The molecule has 0 heterocycles. The maximum absolute atomic E-state index is 12.6. The number of hydrogen-bond donors (Lipinski definition) is 2. The van der Waals surface area contributed by atoms with Crippen LogP contribution in [0.4, 0.5) is 23.7 Å². The SMILES string of the molecule is CCOP(CNC(=O)C(CC(C)C)OC(=O)Nc1ccc(C(F)(F)F)cc1)OCC. The fraction of sp³-hybridized carbons (Fsp3) is 0.579. The van der Waals surface area contributed by atoms with Crippen LogP contribution >= 0.6 is 8.38 Å². The second kappa shape index (κ2) is 12.7. The molecular weight excluding hydrogens is 424 g/mol. The van der Waals surface area contributed by atoms with E-state index in [1.165, 1.54) is 0 Å². The predicted octanol–water partition coefficient (Wildman–Crippen LogP) is 5.13. The predicted molar refractivity (Wildman–Crippen MR) is 108 cm³/mol. The first-order chi connectivity index (χ1) is 14.1. The Morgan fingerprint density at radius 2 is 1.63 bits per heavy atom. The first-order valence-corrected chi connectivity index (χ1v) is 10.9. The summed E-state index contributed by atoms with van der Waals surface area (Å²) in [6, 6.07) is 3.91. The molecule has 0 saturated heterocycles. The lowest BCUT2D eigenvalue weighted by atomic mass is 10.1. The number of benzene rings is 1. The molecule has 0 bridgehead atoms. The van der Waals surface area contributed by atoms with E-state index in [1.54, 1.807) is 0 Å². The van der Waals surface area contributed by atoms with E-state index in [2.05, 4.69) is 10.6 Å². The Morgan fingerprint density at radius 1 is 1.07 bits per heavy atom. The van der Waals surface area contributed by atoms with Gasteiger partial charge in [0.1, 0.15) is 0 Å². The Kier molecular flexibility index (Phi) is 11.1. The summed E-state index contributed by atoms with van der Waals surface area (Å²) >= 11 is 0. The summed E-state index contributed by atoms with van der Waals surface area (Å²) in [4.78, 5) is 24.6. The van der Waals surface area contributed by atoms with Crippen molar-refractivity contribution in [3.63, 3.8) is 0 Å². The smallest absolute Gasteiger partial charge is 0.416 e. The van der Waals surface area contributed by atoms with E-state index in [0.717, 1.165) is 24.3 Å². The van der Waals surface area contributed by atoms with Crippen LogP contribution in [0.2, 0.25) is 0 Å². The van der Waals surface area contributed by atoms with E-state index in [9.17, 15) is 22.8 Å². The molecule has 1 aromatic rings. The Hall–Kier alpha value is -1.90. The van der Waals surface area contributed by atoms with E-state index in [0.29, 0.717) is 13.2 Å². The molecule has 11 heteroatoms. The van der Waals surface area contributed by atoms with Crippen LogP contribution in [-0.2, 0) is 24.8 Å². The van der Waals surface area contributed by atoms with Crippen molar-refractivity contribution >= 4 is 26.1 Å². The van der Waals surface area contributed by atoms with E-state index >= 15 is 0 Å². The third-order valence-electron chi connectivity index (χ3n) is 3.61. The van der Waals surface area contributed by atoms with Crippen LogP contribution in [0.5, 0.6) is 0 Å². The fourth-order valence-corrected chi connectivity index (χ4v) is 3.45. The van der Waals surface area contributed by atoms with Gasteiger partial charge in [0.25, 0.3) is 5.91 Å². The van der Waals surface area contributed by atoms with E-state index in [-0.39, 0.29) is 24.3 Å². The van der Waals surface area contributed by atoms with Crippen LogP contribution in [0.3, 0.4) is 0 Å². The number of rotatable bonds is 11. The van der Waals surface area contributed by atoms with Crippen LogP contribution in [0.1, 0.15) is 39.7 Å². The Morgan fingerprint density at radius 3 is 2.10 bits per heavy atom. The van der Waals surface area contributed by atoms with Gasteiger partial charge in [0.05, 0.1) is 25.1 Å². The zero-order chi connectivity index (χ0) is 22.7. The van der Waals surface area contributed by atoms with Crippen molar-refractivity contribution in [1.82, 2.24) is 5.32 Å². The van der Waals surface area contributed by atoms with E-state index < -0.39 is 38.2 Å². The Labute approximate surface area is 175 Å². The normalized spacial score (nSPS) is 12.7. The molecule has 0 saturated carbocycles. The molecule has 2 amide bonds. The van der Waals surface area contributed by atoms with E-state index in [1.807, 2.05) is 27.7 Å². The number of alkyl halides is 3. The van der Waals surface area contributed by atoms with Gasteiger partial charge in [0.15, 0.2) is 14.5 Å². The molecule has 7 nitrogen and oxygen atoms in total. The molecule has 0 aliphatic carbocycles. The van der Waals surface area contributed by atoms with Gasteiger partial charge in [-0.15, -0.1) is 0 Å². The second-order valence-corrected chi connectivity index (χ2v) is 8.09. The van der Waals surface area contributed by atoms with Crippen LogP contribution in [-0.4, -0.2) is 37.6 Å². The molecule has 0 aliphatic rings. The maximum Gasteiger partial charge on any atom is 0.416 e. The Balaban J connectivity index is 2.69. The van der Waals surface area contributed by atoms with Gasteiger partial charge in [-0.2, -0.15) is 13.2 Å². The summed E-state index contributed by atoms with van der Waals surface area (Å²) < 4.78 is 53.9. The highest BCUT2D eigenvalue weighted by Gasteiger charge is 2.30. The number of halogens is 3. The maximum atomic E-state index is 12.6. The average molecular weight is 452 g/mol. The quantitative estimate of drug-likeness (QED) is 0.455. The lowest BCUT2D eigenvalue weighted by Gasteiger charge is -2.21. The highest BCUT2D eigenvalue weighted by Crippen LogP contribution is 2.36. The average Bonchev–Trinajstić information content (AvgIpc) is 2.65. The van der Waals surface area contributed by atoms with Gasteiger partial charge in [-0.25, -0.2) is 4.79 Å². The molecule has 2 N–H and O–H groups in total. The van der Waals surface area contributed by atoms with Crippen LogP contribution in [0.25, 0.3) is 0 Å². The summed E-state index contributed by atoms with van der Waals surface area (Å²) in [6.07, 6.45) is -6.06. The molecule has 0 spiro atoms. The standard InChI is InChI=1S/C19H28F3N2O5P/c1-5-27-30(28-6-2)12-23-17(25)16(11-13(3)4)29-18(26)24-15-9-7-14(8-10-15)19(20,21)22/h7-10,13,16H,5-6,11-12H2,1-4H3,(H,23,25)(H,24,26). The fourth-order valence-electron chi connectivity index (χ4n) is 2.33. The first kappa shape index (κ1) is 26.1. The zero-order valence-corrected chi connectivity index (χ0v) is 18.3. The minimum atomic E-state index is -4.47. The molecule has 0 fully saturated rings. The van der Waals surface area contributed by atoms with Crippen molar-refractivity contribution in [1.29, 1.82) is 0 Å². The summed E-state index contributed by atoms with van der Waals surface area (Å²) in [7, 11) is -1.29. The molecule has 0 aliphatic heterocycles. The lowest BCUT2D eigenvalue weighted by Crippen LogP contribution is -2.39. The van der Waals surface area contributed by atoms with Gasteiger partial charge in [-0.1, -0.05) is 13.8 Å². The third kappa shape index (κ3) is 9.73. The molecule has 1 atom stereocenters. The zero-order valence-electron chi connectivity index (χ0n) is 17.4. The van der Waals surface area contributed by atoms with Crippen molar-refractivity contribution in [2.24, 2.45) is 5.92 Å². The van der Waals surface area contributed by atoms with Crippen molar-refractivity contribution < 1.29 is 36.5 Å². The van der Waals surface area contributed by atoms with Crippen LogP contribution < -0.4 is 10.6 Å². The third-order valence-corrected chi connectivity index (χ3v) is 5.12. The number of nitrogens with one attached hydrogen (secondary N) is 2. The summed E-state index contributed by atoms with van der Waals surface area (Å²) in [5.41, 5.74) is -0.716. The summed E-state index contributed by atoms with van der Waals surface area (Å²) in [6.45, 7) is 8.22. The number of anilines is 1. The minimum Gasteiger partial charge on any atom is -0.436 e. The van der Waals surface area contributed by atoms with Crippen LogP contribution in [0.15, 0.2) is 24.3 Å². The summed E-state index contributed by atoms with van der Waals surface area (Å²) in [5, 5.41) is 4.99. The highest BCUT2D eigenvalue weighted by molar-refractivity contribution is 7.47. The van der Waals surface area contributed by atoms with Crippen molar-refractivity contribution in [2.45, 2.75) is 46.4 Å². The topological polar surface area (TPSA) is 85.9 Å². The molecule has 30 heavy (non-hydrogen) atoms. The first-order valence-electron chi connectivity index (χ1n) is 9.52. The second-order valence-electron chi connectivity index (χ2n) is 6.59. The van der Waals surface area contributed by atoms with Gasteiger partial charge < -0.3 is 19.1 Å². The van der Waals surface area contributed by atoms with Gasteiger partial charge in [0, 0.05) is 5.69 Å². The molecular formula is C19H28F3N2O5P. The minimum absolute atomic E-state index is 0.0555. The largest absolute Gasteiger partial charge is 0.436 e. The molecule has 1 rings (SSSR count). The monoisotopic (exact) mass is 452 g/mol. The molecule has 0 radical (unpaired) electrons. The highest BCUT2D eigenvalue weighted by atomic mass is 31.2. The number of carbonyl (C=O) groups excluding carboxylic acids is 2. The van der Waals surface area contributed by atoms with Crippen molar-refractivity contribution in [3.8, 4) is 0 Å². The number of hydrogen-bond acceptors (Lipinski definition) is 5. The number of amides is 2. The van der Waals surface area contributed by atoms with E-state index in [4.69, 9.17) is 13.8 Å². The van der Waals surface area contributed by atoms with Gasteiger partial charge >= 0.3 is 12.3 Å². The van der Waals surface area contributed by atoms with Gasteiger partial charge in [-0.3, -0.25) is 10.1 Å². The number of carbonyl (C=O) groups is 2. The van der Waals surface area contributed by atoms with Crippen molar-refractivity contribution in [2.75, 3.05) is 24.8 Å². The molecule has 1 aromatic carbocycles. The molecule has 0 aromatic heterocycles. The molecule has 1 unspecified atom stereocenters. The summed E-state index contributed by atoms with van der Waals surface area (Å²) in [5.74, 6) is -0.446. The molecule has 170 valence electrons. The lowest BCUT2D eigenvalue weighted by molar-refractivity contribution is -0.137.